The molecular formula is C27H33N3O5S. The minimum Gasteiger partial charge on any atom is -0.508 e. The van der Waals surface area contributed by atoms with E-state index in [4.69, 9.17) is 4.74 Å². The molecule has 36 heavy (non-hydrogen) atoms. The molecule has 3 N–H and O–H groups in total. The van der Waals surface area contributed by atoms with Gasteiger partial charge in [-0.25, -0.2) is 13.2 Å². The summed E-state index contributed by atoms with van der Waals surface area (Å²) in [6.45, 7) is 12.4. The number of nitrogens with one attached hydrogen (secondary N) is 2. The van der Waals surface area contributed by atoms with E-state index in [9.17, 15) is 18.3 Å². The van der Waals surface area contributed by atoms with Gasteiger partial charge in [0.15, 0.2) is 9.84 Å². The minimum absolute atomic E-state index is 0.0968. The molecule has 0 radical (unpaired) electrons. The fourth-order valence-corrected chi connectivity index (χ4v) is 5.48. The molecule has 1 unspecified atom stereocenters. The number of aliphatic hydroxyl groups excluding tert-OH is 1. The van der Waals surface area contributed by atoms with Gasteiger partial charge in [0.1, 0.15) is 11.5 Å². The van der Waals surface area contributed by atoms with Gasteiger partial charge in [0.2, 0.25) is 0 Å². The molecule has 8 nitrogen and oxygen atoms in total. The van der Waals surface area contributed by atoms with Crippen LogP contribution in [0, 0.1) is 0 Å². The predicted octanol–water partition coefficient (Wildman–Crippen LogP) is 4.70. The number of carbonyl (C=O) groups is 1. The molecule has 2 aromatic rings. The molecule has 9 heteroatoms. The molecule has 1 aliphatic heterocycles. The first-order valence-electron chi connectivity index (χ1n) is 11.4. The summed E-state index contributed by atoms with van der Waals surface area (Å²) in [6, 6.07) is 9.00. The topological polar surface area (TPSA) is 108 Å². The molecule has 0 aromatic heterocycles. The predicted molar refractivity (Wildman–Crippen MR) is 142 cm³/mol. The second-order valence-electron chi connectivity index (χ2n) is 9.11. The van der Waals surface area contributed by atoms with Gasteiger partial charge in [-0.1, -0.05) is 43.0 Å². The molecule has 0 fully saturated rings. The Labute approximate surface area is 212 Å². The van der Waals surface area contributed by atoms with Crippen LogP contribution in [-0.4, -0.2) is 44.7 Å². The smallest absolute Gasteiger partial charge is 0.319 e. The highest BCUT2D eigenvalue weighted by atomic mass is 32.2. The van der Waals surface area contributed by atoms with Crippen LogP contribution in [0.5, 0.6) is 5.75 Å². The van der Waals surface area contributed by atoms with Crippen molar-refractivity contribution in [1.29, 1.82) is 0 Å². The molecule has 3 rings (SSSR count). The number of benzene rings is 2. The number of sulfone groups is 1. The van der Waals surface area contributed by atoms with Crippen LogP contribution in [0.2, 0.25) is 0 Å². The first-order chi connectivity index (χ1) is 16.9. The number of allylic oxidation sites excluding steroid dienone is 2. The van der Waals surface area contributed by atoms with Gasteiger partial charge >= 0.3 is 6.03 Å². The van der Waals surface area contributed by atoms with Crippen LogP contribution in [0.1, 0.15) is 30.5 Å². The van der Waals surface area contributed by atoms with E-state index in [0.717, 1.165) is 24.2 Å². The maximum absolute atomic E-state index is 13.1. The summed E-state index contributed by atoms with van der Waals surface area (Å²) in [5.74, 6) is -0.104. The van der Waals surface area contributed by atoms with Crippen LogP contribution >= 0.6 is 0 Å². The van der Waals surface area contributed by atoms with E-state index in [-0.39, 0.29) is 22.2 Å². The summed E-state index contributed by atoms with van der Waals surface area (Å²) in [5.41, 5.74) is 4.50. The van der Waals surface area contributed by atoms with Crippen LogP contribution in [0.3, 0.4) is 0 Å². The highest BCUT2D eigenvalue weighted by Gasteiger charge is 2.22. The molecule has 0 saturated carbocycles. The number of amides is 2. The monoisotopic (exact) mass is 511 g/mol. The van der Waals surface area contributed by atoms with E-state index in [0.29, 0.717) is 16.8 Å². The fraction of sp³-hybridized carbons (Fsp3) is 0.296. The van der Waals surface area contributed by atoms with Crippen molar-refractivity contribution >= 4 is 21.6 Å². The Balaban J connectivity index is 1.74. The molecule has 0 spiro atoms. The molecule has 0 aliphatic carbocycles. The standard InChI is InChI=1S/C27H33N3O5S/c1-17(2)11-24(19(4)31)18(3)28-27(32)29-25-10-9-23(13-26(25)35-6)36(33,34)16-20-7-8-21-14-30(5)15-22(21)12-20/h7-13,18,31H,1,4,14-16H2,2-3,5-6H3,(H2,28,29,32)/b24-11-. The number of anilines is 1. The second kappa shape index (κ2) is 11.0. The van der Waals surface area contributed by atoms with Crippen molar-refractivity contribution in [1.82, 2.24) is 10.2 Å². The highest BCUT2D eigenvalue weighted by molar-refractivity contribution is 7.90. The van der Waals surface area contributed by atoms with Crippen LogP contribution in [0.4, 0.5) is 10.5 Å². The van der Waals surface area contributed by atoms with Crippen molar-refractivity contribution in [2.45, 2.75) is 43.6 Å². The zero-order valence-electron chi connectivity index (χ0n) is 21.1. The quantitative estimate of drug-likeness (QED) is 0.333. The van der Waals surface area contributed by atoms with Gasteiger partial charge in [-0.3, -0.25) is 4.90 Å². The lowest BCUT2D eigenvalue weighted by Crippen LogP contribution is -2.37. The van der Waals surface area contributed by atoms with Gasteiger partial charge in [-0.15, -0.1) is 0 Å². The van der Waals surface area contributed by atoms with Gasteiger partial charge < -0.3 is 20.5 Å². The van der Waals surface area contributed by atoms with Gasteiger partial charge in [0.25, 0.3) is 0 Å². The molecule has 0 saturated heterocycles. The summed E-state index contributed by atoms with van der Waals surface area (Å²) in [5, 5.41) is 15.2. The Morgan fingerprint density at radius 2 is 1.89 bits per heavy atom. The van der Waals surface area contributed by atoms with E-state index in [1.54, 1.807) is 19.9 Å². The van der Waals surface area contributed by atoms with Gasteiger partial charge in [0.05, 0.1) is 29.5 Å². The van der Waals surface area contributed by atoms with Crippen LogP contribution in [-0.2, 0) is 28.7 Å². The number of methoxy groups -OCH3 is 1. The van der Waals surface area contributed by atoms with E-state index in [1.165, 1.54) is 30.9 Å². The van der Waals surface area contributed by atoms with Crippen molar-refractivity contribution in [2.24, 2.45) is 0 Å². The lowest BCUT2D eigenvalue weighted by atomic mass is 10.0. The summed E-state index contributed by atoms with van der Waals surface area (Å²) < 4.78 is 31.6. The lowest BCUT2D eigenvalue weighted by Gasteiger charge is -2.19. The number of fused-ring (bicyclic) bond motifs is 1. The van der Waals surface area contributed by atoms with Gasteiger partial charge in [0, 0.05) is 24.7 Å². The Hall–Kier alpha value is -3.56. The van der Waals surface area contributed by atoms with Crippen molar-refractivity contribution in [3.05, 3.63) is 89.2 Å². The fourth-order valence-electron chi connectivity index (χ4n) is 4.14. The van der Waals surface area contributed by atoms with Crippen molar-refractivity contribution in [3.63, 3.8) is 0 Å². The van der Waals surface area contributed by atoms with E-state index >= 15 is 0 Å². The van der Waals surface area contributed by atoms with Gasteiger partial charge in [-0.05, 0) is 49.7 Å². The summed E-state index contributed by atoms with van der Waals surface area (Å²) in [6.07, 6.45) is 1.63. The van der Waals surface area contributed by atoms with Crippen LogP contribution in [0.25, 0.3) is 0 Å². The third-order valence-corrected chi connectivity index (χ3v) is 7.52. The molecule has 2 aromatic carbocycles. The highest BCUT2D eigenvalue weighted by Crippen LogP contribution is 2.30. The normalized spacial score (nSPS) is 14.6. The molecule has 1 aliphatic rings. The van der Waals surface area contributed by atoms with Gasteiger partial charge in [-0.2, -0.15) is 0 Å². The van der Waals surface area contributed by atoms with Crippen molar-refractivity contribution in [3.8, 4) is 5.75 Å². The SMILES string of the molecule is C=C(C)/C=C(\C(=C)O)C(C)NC(=O)Nc1ccc(S(=O)(=O)Cc2ccc3c(c2)CN(C)C3)cc1OC. The molecule has 1 atom stereocenters. The number of ether oxygens (including phenoxy) is 1. The molecular weight excluding hydrogens is 478 g/mol. The van der Waals surface area contributed by atoms with E-state index in [1.807, 2.05) is 25.2 Å². The Bertz CT molecular complexity index is 1330. The van der Waals surface area contributed by atoms with Crippen LogP contribution < -0.4 is 15.4 Å². The Morgan fingerprint density at radius 3 is 2.53 bits per heavy atom. The number of urea groups is 1. The number of rotatable bonds is 9. The maximum atomic E-state index is 13.1. The van der Waals surface area contributed by atoms with E-state index in [2.05, 4.69) is 28.7 Å². The maximum Gasteiger partial charge on any atom is 0.319 e. The minimum atomic E-state index is -3.65. The third kappa shape index (κ3) is 6.56. The average Bonchev–Trinajstić information content (AvgIpc) is 3.16. The van der Waals surface area contributed by atoms with Crippen LogP contribution in [0.15, 0.2) is 77.4 Å². The number of nitrogens with zero attached hydrogens (tertiary/aromatic N) is 1. The average molecular weight is 512 g/mol. The zero-order chi connectivity index (χ0) is 26.6. The number of hydrogen-bond acceptors (Lipinski definition) is 6. The number of hydrogen-bond donors (Lipinski definition) is 3. The summed E-state index contributed by atoms with van der Waals surface area (Å²) in [4.78, 5) is 14.9. The first-order valence-corrected chi connectivity index (χ1v) is 13.1. The molecule has 0 bridgehead atoms. The molecule has 192 valence electrons. The second-order valence-corrected chi connectivity index (χ2v) is 11.1. The molecule has 2 amide bonds. The first kappa shape index (κ1) is 27.0. The van der Waals surface area contributed by atoms with Crippen molar-refractivity contribution in [2.75, 3.05) is 19.5 Å². The number of carbonyl (C=O) groups excluding carboxylic acids is 1. The summed E-state index contributed by atoms with van der Waals surface area (Å²) in [7, 11) is -0.220. The summed E-state index contributed by atoms with van der Waals surface area (Å²) >= 11 is 0. The third-order valence-electron chi connectivity index (χ3n) is 5.84. The Morgan fingerprint density at radius 1 is 1.19 bits per heavy atom. The Kier molecular flexibility index (Phi) is 8.27. The lowest BCUT2D eigenvalue weighted by molar-refractivity contribution is 0.250. The zero-order valence-corrected chi connectivity index (χ0v) is 21.9. The molecule has 1 heterocycles. The number of aliphatic hydroxyl groups is 1. The van der Waals surface area contributed by atoms with Crippen molar-refractivity contribution < 1.29 is 23.1 Å². The van der Waals surface area contributed by atoms with E-state index < -0.39 is 21.9 Å². The largest absolute Gasteiger partial charge is 0.508 e.